The molecule has 158 valence electrons. The SMILES string of the molecule is CCCCCCCCCCCCCCCC[N+](C)(C)CCCCCCC. The fourth-order valence-corrected chi connectivity index (χ4v) is 3.99. The third kappa shape index (κ3) is 20.3. The van der Waals surface area contributed by atoms with Crippen LogP contribution in [0.25, 0.3) is 0 Å². The number of hydrogen-bond donors (Lipinski definition) is 0. The molecule has 0 amide bonds. The van der Waals surface area contributed by atoms with E-state index < -0.39 is 0 Å². The maximum absolute atomic E-state index is 2.43. The predicted molar refractivity (Wildman–Crippen MR) is 121 cm³/mol. The van der Waals surface area contributed by atoms with Crippen LogP contribution >= 0.6 is 0 Å². The highest BCUT2D eigenvalue weighted by atomic mass is 15.3. The van der Waals surface area contributed by atoms with Crippen molar-refractivity contribution in [3.8, 4) is 0 Å². The largest absolute Gasteiger partial charge is 0.328 e. The van der Waals surface area contributed by atoms with Gasteiger partial charge < -0.3 is 4.48 Å². The molecule has 0 fully saturated rings. The lowest BCUT2D eigenvalue weighted by Crippen LogP contribution is -2.41. The molecule has 0 aromatic heterocycles. The van der Waals surface area contributed by atoms with Gasteiger partial charge in [-0.05, 0) is 25.7 Å². The van der Waals surface area contributed by atoms with Gasteiger partial charge in [0.05, 0.1) is 27.2 Å². The minimum Gasteiger partial charge on any atom is -0.328 e. The van der Waals surface area contributed by atoms with E-state index in [4.69, 9.17) is 0 Å². The van der Waals surface area contributed by atoms with E-state index >= 15 is 0 Å². The van der Waals surface area contributed by atoms with E-state index in [2.05, 4.69) is 27.9 Å². The van der Waals surface area contributed by atoms with Gasteiger partial charge in [-0.15, -0.1) is 0 Å². The van der Waals surface area contributed by atoms with Crippen LogP contribution in [0.4, 0.5) is 0 Å². The molecule has 1 nitrogen and oxygen atoms in total. The molecular formula is C25H54N+. The minimum absolute atomic E-state index is 1.24. The summed E-state index contributed by atoms with van der Waals surface area (Å²) in [4.78, 5) is 0. The lowest BCUT2D eigenvalue weighted by molar-refractivity contribution is -0.890. The molecule has 0 aromatic rings. The van der Waals surface area contributed by atoms with Crippen LogP contribution in [0.2, 0.25) is 0 Å². The molecule has 0 unspecified atom stereocenters. The fourth-order valence-electron chi connectivity index (χ4n) is 3.99. The number of unbranched alkanes of at least 4 members (excludes halogenated alkanes) is 17. The van der Waals surface area contributed by atoms with Crippen LogP contribution in [-0.2, 0) is 0 Å². The van der Waals surface area contributed by atoms with E-state index in [-0.39, 0.29) is 0 Å². The number of nitrogens with zero attached hydrogens (tertiary/aromatic N) is 1. The summed E-state index contributed by atoms with van der Waals surface area (Å²) in [5.74, 6) is 0. The molecule has 0 rings (SSSR count). The normalized spacial score (nSPS) is 12.0. The van der Waals surface area contributed by atoms with Crippen molar-refractivity contribution in [2.24, 2.45) is 0 Å². The smallest absolute Gasteiger partial charge is 0.0782 e. The molecule has 0 N–H and O–H groups in total. The first-order chi connectivity index (χ1) is 12.6. The van der Waals surface area contributed by atoms with Crippen molar-refractivity contribution in [2.75, 3.05) is 27.2 Å². The highest BCUT2D eigenvalue weighted by molar-refractivity contribution is 4.50. The van der Waals surface area contributed by atoms with Crippen LogP contribution in [0.5, 0.6) is 0 Å². The van der Waals surface area contributed by atoms with Gasteiger partial charge in [-0.2, -0.15) is 0 Å². The van der Waals surface area contributed by atoms with Crippen molar-refractivity contribution in [2.45, 2.75) is 136 Å². The van der Waals surface area contributed by atoms with Crippen LogP contribution in [-0.4, -0.2) is 31.7 Å². The Kier molecular flexibility index (Phi) is 19.7. The van der Waals surface area contributed by atoms with Crippen molar-refractivity contribution in [3.63, 3.8) is 0 Å². The van der Waals surface area contributed by atoms with E-state index in [9.17, 15) is 0 Å². The van der Waals surface area contributed by atoms with E-state index in [0.29, 0.717) is 0 Å². The van der Waals surface area contributed by atoms with E-state index in [0.717, 1.165) is 0 Å². The van der Waals surface area contributed by atoms with Crippen molar-refractivity contribution in [3.05, 3.63) is 0 Å². The highest BCUT2D eigenvalue weighted by Gasteiger charge is 2.13. The monoisotopic (exact) mass is 368 g/mol. The summed E-state index contributed by atoms with van der Waals surface area (Å²) in [7, 11) is 4.87. The second kappa shape index (κ2) is 19.7. The second-order valence-corrected chi connectivity index (χ2v) is 9.39. The predicted octanol–water partition coefficient (Wildman–Crippen LogP) is 8.51. The zero-order chi connectivity index (χ0) is 19.3. The van der Waals surface area contributed by atoms with Crippen LogP contribution in [0.1, 0.15) is 136 Å². The van der Waals surface area contributed by atoms with E-state index in [1.807, 2.05) is 0 Å². The maximum Gasteiger partial charge on any atom is 0.0782 e. The van der Waals surface area contributed by atoms with Crippen LogP contribution in [0.15, 0.2) is 0 Å². The fraction of sp³-hybridized carbons (Fsp3) is 1.00. The zero-order valence-electron chi connectivity index (χ0n) is 19.3. The third-order valence-corrected chi connectivity index (χ3v) is 5.98. The third-order valence-electron chi connectivity index (χ3n) is 5.98. The molecule has 0 aliphatic carbocycles. The summed E-state index contributed by atoms with van der Waals surface area (Å²) in [6, 6.07) is 0. The molecule has 0 saturated carbocycles. The Hall–Kier alpha value is -0.0400. The zero-order valence-corrected chi connectivity index (χ0v) is 19.3. The summed E-state index contributed by atoms with van der Waals surface area (Å²) in [6.45, 7) is 7.36. The highest BCUT2D eigenvalue weighted by Crippen LogP contribution is 2.14. The van der Waals surface area contributed by atoms with Gasteiger partial charge in [0.15, 0.2) is 0 Å². The Morgan fingerprint density at radius 2 is 0.577 bits per heavy atom. The molecule has 0 bridgehead atoms. The summed E-state index contributed by atoms with van der Waals surface area (Å²) < 4.78 is 1.24. The van der Waals surface area contributed by atoms with Gasteiger partial charge in [0.25, 0.3) is 0 Å². The quantitative estimate of drug-likeness (QED) is 0.141. The lowest BCUT2D eigenvalue weighted by Gasteiger charge is -2.30. The van der Waals surface area contributed by atoms with Crippen LogP contribution in [0, 0.1) is 0 Å². The minimum atomic E-state index is 1.24. The molecule has 0 saturated heterocycles. The molecule has 0 heterocycles. The number of quaternary nitrogens is 1. The van der Waals surface area contributed by atoms with Gasteiger partial charge in [0.1, 0.15) is 0 Å². The Balaban J connectivity index is 3.24. The molecule has 0 aliphatic rings. The molecule has 0 radical (unpaired) electrons. The summed E-state index contributed by atoms with van der Waals surface area (Å²) in [6.07, 6.45) is 27.5. The van der Waals surface area contributed by atoms with E-state index in [1.165, 1.54) is 140 Å². The Morgan fingerprint density at radius 1 is 0.346 bits per heavy atom. The Labute approximate surface area is 167 Å². The molecule has 26 heavy (non-hydrogen) atoms. The lowest BCUT2D eigenvalue weighted by atomic mass is 10.0. The molecule has 0 atom stereocenters. The Bertz CT molecular complexity index is 259. The number of hydrogen-bond acceptors (Lipinski definition) is 0. The standard InChI is InChI=1S/C25H54N/c1-5-7-9-11-12-13-14-15-16-17-18-19-21-23-25-26(3,4)24-22-20-10-8-6-2/h5-25H2,1-4H3/q+1. The summed E-state index contributed by atoms with van der Waals surface area (Å²) in [5.41, 5.74) is 0. The first-order valence-corrected chi connectivity index (χ1v) is 12.4. The molecular weight excluding hydrogens is 314 g/mol. The average molecular weight is 369 g/mol. The second-order valence-electron chi connectivity index (χ2n) is 9.39. The first kappa shape index (κ1) is 26.0. The van der Waals surface area contributed by atoms with Crippen LogP contribution in [0.3, 0.4) is 0 Å². The maximum atomic E-state index is 2.43. The van der Waals surface area contributed by atoms with E-state index in [1.54, 1.807) is 0 Å². The average Bonchev–Trinajstić information content (AvgIpc) is 2.61. The van der Waals surface area contributed by atoms with Gasteiger partial charge in [-0.1, -0.05) is 110 Å². The van der Waals surface area contributed by atoms with Gasteiger partial charge >= 0.3 is 0 Å². The molecule has 0 spiro atoms. The van der Waals surface area contributed by atoms with Crippen molar-refractivity contribution < 1.29 is 4.48 Å². The molecule has 0 aromatic carbocycles. The van der Waals surface area contributed by atoms with Crippen LogP contribution < -0.4 is 0 Å². The molecule has 1 heteroatoms. The van der Waals surface area contributed by atoms with Gasteiger partial charge in [0, 0.05) is 0 Å². The summed E-state index contributed by atoms with van der Waals surface area (Å²) in [5, 5.41) is 0. The first-order valence-electron chi connectivity index (χ1n) is 12.4. The topological polar surface area (TPSA) is 0 Å². The summed E-state index contributed by atoms with van der Waals surface area (Å²) >= 11 is 0. The van der Waals surface area contributed by atoms with Crippen molar-refractivity contribution in [1.82, 2.24) is 0 Å². The van der Waals surface area contributed by atoms with Crippen molar-refractivity contribution >= 4 is 0 Å². The van der Waals surface area contributed by atoms with Crippen molar-refractivity contribution in [1.29, 1.82) is 0 Å². The number of rotatable bonds is 21. The molecule has 0 aliphatic heterocycles. The van der Waals surface area contributed by atoms with Gasteiger partial charge in [-0.25, -0.2) is 0 Å². The van der Waals surface area contributed by atoms with Gasteiger partial charge in [0.2, 0.25) is 0 Å². The van der Waals surface area contributed by atoms with Gasteiger partial charge in [-0.3, -0.25) is 0 Å². The Morgan fingerprint density at radius 3 is 0.846 bits per heavy atom.